The van der Waals surface area contributed by atoms with E-state index in [4.69, 9.17) is 10.1 Å². The number of nitrogens with zero attached hydrogens (tertiary/aromatic N) is 1. The minimum Gasteiger partial charge on any atom is -0.366 e. The molecule has 3 nitrogen and oxygen atoms in total. The summed E-state index contributed by atoms with van der Waals surface area (Å²) in [4.78, 5) is 2.06. The van der Waals surface area contributed by atoms with Crippen LogP contribution in [0.5, 0.6) is 0 Å². The minimum atomic E-state index is 0.0718. The van der Waals surface area contributed by atoms with Crippen LogP contribution in [0.25, 0.3) is 0 Å². The van der Waals surface area contributed by atoms with Crippen LogP contribution in [0.4, 0.5) is 0 Å². The van der Waals surface area contributed by atoms with E-state index in [-0.39, 0.29) is 6.23 Å². The third-order valence-corrected chi connectivity index (χ3v) is 1.58. The Kier molecular flexibility index (Phi) is 5.16. The maximum Gasteiger partial charge on any atom is 0.114 e. The molecular formula is C7H16N2O. The Bertz CT molecular complexity index is 95.6. The SMILES string of the molecule is CCN(C)C(CC=N)OC. The summed E-state index contributed by atoms with van der Waals surface area (Å²) in [7, 11) is 3.65. The van der Waals surface area contributed by atoms with Crippen molar-refractivity contribution >= 4 is 6.21 Å². The summed E-state index contributed by atoms with van der Waals surface area (Å²) < 4.78 is 5.12. The Morgan fingerprint density at radius 3 is 2.60 bits per heavy atom. The van der Waals surface area contributed by atoms with Gasteiger partial charge in [0.2, 0.25) is 0 Å². The fourth-order valence-corrected chi connectivity index (χ4v) is 0.761. The first-order valence-corrected chi connectivity index (χ1v) is 3.48. The summed E-state index contributed by atoms with van der Waals surface area (Å²) in [6, 6.07) is 0. The minimum absolute atomic E-state index is 0.0718. The Morgan fingerprint density at radius 1 is 1.70 bits per heavy atom. The van der Waals surface area contributed by atoms with Crippen LogP contribution < -0.4 is 0 Å². The highest BCUT2D eigenvalue weighted by Gasteiger charge is 2.08. The zero-order valence-electron chi connectivity index (χ0n) is 6.92. The summed E-state index contributed by atoms with van der Waals surface area (Å²) >= 11 is 0. The fourth-order valence-electron chi connectivity index (χ4n) is 0.761. The number of hydrogen-bond donors (Lipinski definition) is 1. The molecule has 1 unspecified atom stereocenters. The van der Waals surface area contributed by atoms with Crippen LogP contribution in [-0.4, -0.2) is 38.0 Å². The van der Waals surface area contributed by atoms with E-state index in [1.54, 1.807) is 7.11 Å². The third-order valence-electron chi connectivity index (χ3n) is 1.58. The first-order valence-electron chi connectivity index (χ1n) is 3.48. The van der Waals surface area contributed by atoms with Crippen LogP contribution in [0.15, 0.2) is 0 Å². The monoisotopic (exact) mass is 144 g/mol. The Labute approximate surface area is 62.5 Å². The highest BCUT2D eigenvalue weighted by Crippen LogP contribution is 1.99. The molecular weight excluding hydrogens is 128 g/mol. The van der Waals surface area contributed by atoms with E-state index in [1.807, 2.05) is 7.05 Å². The summed E-state index contributed by atoms with van der Waals surface area (Å²) in [5, 5.41) is 6.87. The number of hydrogen-bond acceptors (Lipinski definition) is 3. The van der Waals surface area contributed by atoms with Crippen LogP contribution in [-0.2, 0) is 4.74 Å². The van der Waals surface area contributed by atoms with E-state index >= 15 is 0 Å². The van der Waals surface area contributed by atoms with E-state index in [2.05, 4.69) is 11.8 Å². The molecule has 0 spiro atoms. The number of rotatable bonds is 5. The summed E-state index contributed by atoms with van der Waals surface area (Å²) in [5.74, 6) is 0. The normalized spacial score (nSPS) is 13.6. The van der Waals surface area contributed by atoms with Crippen molar-refractivity contribution in [3.63, 3.8) is 0 Å². The standard InChI is InChI=1S/C7H16N2O/c1-4-9(2)7(10-3)5-6-8/h6-8H,4-5H2,1-3H3. The zero-order chi connectivity index (χ0) is 7.98. The Hall–Kier alpha value is -0.410. The van der Waals surface area contributed by atoms with Gasteiger partial charge in [0.05, 0.1) is 0 Å². The molecule has 0 aliphatic carbocycles. The van der Waals surface area contributed by atoms with Gasteiger partial charge in [-0.25, -0.2) is 0 Å². The molecule has 0 radical (unpaired) electrons. The molecule has 0 aliphatic heterocycles. The van der Waals surface area contributed by atoms with Crippen molar-refractivity contribution < 1.29 is 4.74 Å². The molecule has 0 bridgehead atoms. The molecule has 3 heteroatoms. The van der Waals surface area contributed by atoms with Gasteiger partial charge in [-0.15, -0.1) is 0 Å². The second-order valence-electron chi connectivity index (χ2n) is 2.20. The zero-order valence-corrected chi connectivity index (χ0v) is 6.92. The molecule has 1 atom stereocenters. The van der Waals surface area contributed by atoms with Gasteiger partial charge in [0.15, 0.2) is 0 Å². The molecule has 1 N–H and O–H groups in total. The summed E-state index contributed by atoms with van der Waals surface area (Å²) in [6.45, 7) is 3.02. The van der Waals surface area contributed by atoms with E-state index in [9.17, 15) is 0 Å². The average Bonchev–Trinajstić information content (AvgIpc) is 1.99. The summed E-state index contributed by atoms with van der Waals surface area (Å²) in [5.41, 5.74) is 0. The van der Waals surface area contributed by atoms with E-state index in [0.717, 1.165) is 6.54 Å². The molecule has 0 aromatic carbocycles. The van der Waals surface area contributed by atoms with Gasteiger partial charge in [0.1, 0.15) is 6.23 Å². The van der Waals surface area contributed by atoms with Crippen molar-refractivity contribution in [2.45, 2.75) is 19.6 Å². The second-order valence-corrected chi connectivity index (χ2v) is 2.20. The largest absolute Gasteiger partial charge is 0.366 e. The van der Waals surface area contributed by atoms with Crippen LogP contribution in [0.3, 0.4) is 0 Å². The van der Waals surface area contributed by atoms with Crippen LogP contribution >= 0.6 is 0 Å². The molecule has 0 saturated carbocycles. The molecule has 0 fully saturated rings. The lowest BCUT2D eigenvalue weighted by atomic mass is 10.3. The van der Waals surface area contributed by atoms with Crippen molar-refractivity contribution in [1.29, 1.82) is 5.41 Å². The lowest BCUT2D eigenvalue weighted by Gasteiger charge is -2.23. The van der Waals surface area contributed by atoms with Gasteiger partial charge in [0.25, 0.3) is 0 Å². The molecule has 10 heavy (non-hydrogen) atoms. The van der Waals surface area contributed by atoms with Gasteiger partial charge >= 0.3 is 0 Å². The van der Waals surface area contributed by atoms with Crippen LogP contribution in [0.1, 0.15) is 13.3 Å². The predicted octanol–water partition coefficient (Wildman–Crippen LogP) is 0.950. The fraction of sp³-hybridized carbons (Fsp3) is 0.857. The van der Waals surface area contributed by atoms with Gasteiger partial charge in [-0.3, -0.25) is 4.90 Å². The van der Waals surface area contributed by atoms with Crippen molar-refractivity contribution in [2.24, 2.45) is 0 Å². The van der Waals surface area contributed by atoms with E-state index in [1.165, 1.54) is 6.21 Å². The number of methoxy groups -OCH3 is 1. The number of ether oxygens (including phenoxy) is 1. The second kappa shape index (κ2) is 5.38. The van der Waals surface area contributed by atoms with Crippen LogP contribution in [0.2, 0.25) is 0 Å². The van der Waals surface area contributed by atoms with Crippen LogP contribution in [0, 0.1) is 5.41 Å². The van der Waals surface area contributed by atoms with Gasteiger partial charge in [-0.05, 0) is 19.8 Å². The molecule has 0 aromatic heterocycles. The number of nitrogens with one attached hydrogen (secondary N) is 1. The van der Waals surface area contributed by atoms with E-state index < -0.39 is 0 Å². The molecule has 0 heterocycles. The first kappa shape index (κ1) is 9.59. The molecule has 0 aromatic rings. The van der Waals surface area contributed by atoms with Gasteiger partial charge in [-0.2, -0.15) is 0 Å². The Morgan fingerprint density at radius 2 is 2.30 bits per heavy atom. The quantitative estimate of drug-likeness (QED) is 0.460. The molecule has 0 amide bonds. The highest BCUT2D eigenvalue weighted by molar-refractivity contribution is 5.53. The smallest absolute Gasteiger partial charge is 0.114 e. The lowest BCUT2D eigenvalue weighted by Crippen LogP contribution is -2.33. The van der Waals surface area contributed by atoms with E-state index in [0.29, 0.717) is 6.42 Å². The maximum absolute atomic E-state index is 6.87. The summed E-state index contributed by atoms with van der Waals surface area (Å²) in [6.07, 6.45) is 2.11. The lowest BCUT2D eigenvalue weighted by molar-refractivity contribution is -0.00841. The molecule has 0 saturated heterocycles. The molecule has 0 rings (SSSR count). The maximum atomic E-state index is 6.87. The van der Waals surface area contributed by atoms with Crippen molar-refractivity contribution in [3.8, 4) is 0 Å². The Balaban J connectivity index is 3.67. The average molecular weight is 144 g/mol. The molecule has 0 aliphatic rings. The van der Waals surface area contributed by atoms with Crippen molar-refractivity contribution in [2.75, 3.05) is 20.7 Å². The van der Waals surface area contributed by atoms with Gasteiger partial charge in [-0.1, -0.05) is 6.92 Å². The van der Waals surface area contributed by atoms with Crippen molar-refractivity contribution in [3.05, 3.63) is 0 Å². The van der Waals surface area contributed by atoms with Gasteiger partial charge < -0.3 is 10.1 Å². The first-order chi connectivity index (χ1) is 4.76. The third kappa shape index (κ3) is 2.94. The van der Waals surface area contributed by atoms with Crippen molar-refractivity contribution in [1.82, 2.24) is 4.90 Å². The predicted molar refractivity (Wildman–Crippen MR) is 42.5 cm³/mol. The van der Waals surface area contributed by atoms with Gasteiger partial charge in [0, 0.05) is 13.5 Å². The molecule has 60 valence electrons. The topological polar surface area (TPSA) is 36.3 Å². The highest BCUT2D eigenvalue weighted by atomic mass is 16.5.